The first-order valence-corrected chi connectivity index (χ1v) is 8.22. The third-order valence-corrected chi connectivity index (χ3v) is 4.73. The van der Waals surface area contributed by atoms with Crippen LogP contribution in [-0.4, -0.2) is 4.98 Å². The second-order valence-corrected chi connectivity index (χ2v) is 6.24. The number of aromatic nitrogens is 1. The molecule has 0 amide bonds. The molecule has 0 bridgehead atoms. The summed E-state index contributed by atoms with van der Waals surface area (Å²) in [5, 5.41) is 9.92. The number of hydrogen-bond donors (Lipinski definition) is 0. The Morgan fingerprint density at radius 3 is 2.87 bits per heavy atom. The van der Waals surface area contributed by atoms with Gasteiger partial charge in [0.2, 0.25) is 0 Å². The molecule has 2 aromatic carbocycles. The summed E-state index contributed by atoms with van der Waals surface area (Å²) in [4.78, 5) is 4.55. The van der Waals surface area contributed by atoms with Crippen LogP contribution in [0, 0.1) is 11.3 Å². The van der Waals surface area contributed by atoms with Crippen LogP contribution in [0.15, 0.2) is 48.7 Å². The van der Waals surface area contributed by atoms with Gasteiger partial charge in [-0.3, -0.25) is 4.98 Å². The van der Waals surface area contributed by atoms with E-state index in [1.54, 1.807) is 0 Å². The van der Waals surface area contributed by atoms with E-state index in [0.29, 0.717) is 6.42 Å². The van der Waals surface area contributed by atoms with Gasteiger partial charge in [-0.1, -0.05) is 30.3 Å². The number of rotatable bonds is 2. The van der Waals surface area contributed by atoms with Crippen molar-refractivity contribution in [2.24, 2.45) is 0 Å². The molecule has 1 aliphatic carbocycles. The Balaban J connectivity index is 1.81. The van der Waals surface area contributed by atoms with Crippen molar-refractivity contribution in [1.82, 2.24) is 4.98 Å². The van der Waals surface area contributed by atoms with Crippen LogP contribution in [0.5, 0.6) is 0 Å². The highest BCUT2D eigenvalue weighted by Gasteiger charge is 2.14. The molecule has 1 heterocycles. The smallest absolute Gasteiger partial charge is 0.0708 e. The van der Waals surface area contributed by atoms with Crippen molar-refractivity contribution in [2.45, 2.75) is 32.1 Å². The molecule has 0 fully saturated rings. The van der Waals surface area contributed by atoms with E-state index in [1.807, 2.05) is 6.20 Å². The minimum Gasteiger partial charge on any atom is -0.256 e. The van der Waals surface area contributed by atoms with Crippen molar-refractivity contribution >= 4 is 10.9 Å². The average molecular weight is 298 g/mol. The van der Waals surface area contributed by atoms with Crippen LogP contribution in [0.4, 0.5) is 0 Å². The molecular formula is C21H18N2. The van der Waals surface area contributed by atoms with Crippen LogP contribution < -0.4 is 0 Å². The maximum Gasteiger partial charge on any atom is 0.0708 e. The molecule has 0 saturated carbocycles. The Bertz CT molecular complexity index is 919. The van der Waals surface area contributed by atoms with Crippen LogP contribution in [0.25, 0.3) is 22.0 Å². The number of nitriles is 1. The molecule has 1 aromatic heterocycles. The molecular weight excluding hydrogens is 280 g/mol. The first kappa shape index (κ1) is 14.0. The average Bonchev–Trinajstić information content (AvgIpc) is 2.61. The molecule has 0 saturated heterocycles. The lowest BCUT2D eigenvalue weighted by molar-refractivity contribution is 0.687. The van der Waals surface area contributed by atoms with Gasteiger partial charge in [-0.25, -0.2) is 0 Å². The van der Waals surface area contributed by atoms with Gasteiger partial charge < -0.3 is 0 Å². The maximum absolute atomic E-state index is 8.82. The van der Waals surface area contributed by atoms with Gasteiger partial charge in [-0.15, -0.1) is 0 Å². The van der Waals surface area contributed by atoms with Crippen LogP contribution in [0.1, 0.15) is 29.5 Å². The lowest BCUT2D eigenvalue weighted by atomic mass is 9.86. The summed E-state index contributed by atoms with van der Waals surface area (Å²) in [6.07, 6.45) is 7.20. The SMILES string of the molecule is N#CCc1cnc2cc(-c3cccc4c3CCCC4)ccc2c1. The Morgan fingerprint density at radius 2 is 1.96 bits per heavy atom. The second-order valence-electron chi connectivity index (χ2n) is 6.24. The third-order valence-electron chi connectivity index (χ3n) is 4.73. The Labute approximate surface area is 136 Å². The largest absolute Gasteiger partial charge is 0.256 e. The summed E-state index contributed by atoms with van der Waals surface area (Å²) in [5.41, 5.74) is 7.59. The molecule has 0 atom stereocenters. The van der Waals surface area contributed by atoms with Gasteiger partial charge >= 0.3 is 0 Å². The fraction of sp³-hybridized carbons (Fsp3) is 0.238. The van der Waals surface area contributed by atoms with Gasteiger partial charge in [0.05, 0.1) is 18.0 Å². The predicted molar refractivity (Wildman–Crippen MR) is 93.1 cm³/mol. The van der Waals surface area contributed by atoms with Crippen molar-refractivity contribution < 1.29 is 0 Å². The molecule has 3 aromatic rings. The molecule has 2 heteroatoms. The molecule has 0 unspecified atom stereocenters. The van der Waals surface area contributed by atoms with Crippen molar-refractivity contribution in [3.8, 4) is 17.2 Å². The summed E-state index contributed by atoms with van der Waals surface area (Å²) < 4.78 is 0. The van der Waals surface area contributed by atoms with E-state index in [9.17, 15) is 0 Å². The summed E-state index contributed by atoms with van der Waals surface area (Å²) in [5.74, 6) is 0. The summed E-state index contributed by atoms with van der Waals surface area (Å²) >= 11 is 0. The first-order chi connectivity index (χ1) is 11.3. The van der Waals surface area contributed by atoms with E-state index in [4.69, 9.17) is 5.26 Å². The third kappa shape index (κ3) is 2.59. The fourth-order valence-corrected chi connectivity index (χ4v) is 3.57. The molecule has 112 valence electrons. The molecule has 0 spiro atoms. The van der Waals surface area contributed by atoms with E-state index < -0.39 is 0 Å². The number of hydrogen-bond acceptors (Lipinski definition) is 2. The standard InChI is InChI=1S/C21H18N2/c22-11-10-15-12-18-9-8-17(13-21(18)23-14-15)20-7-3-5-16-4-1-2-6-19(16)20/h3,5,7-9,12-14H,1-2,4,6,10H2. The molecule has 0 aliphatic heterocycles. The molecule has 0 radical (unpaired) electrons. The zero-order valence-corrected chi connectivity index (χ0v) is 13.0. The van der Waals surface area contributed by atoms with Crippen LogP contribution >= 0.6 is 0 Å². The lowest BCUT2D eigenvalue weighted by Gasteiger charge is -2.19. The predicted octanol–water partition coefficient (Wildman–Crippen LogP) is 4.85. The van der Waals surface area contributed by atoms with Crippen molar-refractivity contribution in [3.63, 3.8) is 0 Å². The van der Waals surface area contributed by atoms with Crippen LogP contribution in [0.2, 0.25) is 0 Å². The van der Waals surface area contributed by atoms with Crippen molar-refractivity contribution in [1.29, 1.82) is 5.26 Å². The fourth-order valence-electron chi connectivity index (χ4n) is 3.57. The number of benzene rings is 2. The van der Waals surface area contributed by atoms with Crippen molar-refractivity contribution in [3.05, 3.63) is 65.4 Å². The number of aryl methyl sites for hydroxylation is 1. The molecule has 23 heavy (non-hydrogen) atoms. The highest BCUT2D eigenvalue weighted by molar-refractivity contribution is 5.85. The van der Waals surface area contributed by atoms with E-state index in [0.717, 1.165) is 16.5 Å². The topological polar surface area (TPSA) is 36.7 Å². The lowest BCUT2D eigenvalue weighted by Crippen LogP contribution is -2.04. The van der Waals surface area contributed by atoms with E-state index >= 15 is 0 Å². The molecule has 1 aliphatic rings. The minimum absolute atomic E-state index is 0.414. The maximum atomic E-state index is 8.82. The highest BCUT2D eigenvalue weighted by atomic mass is 14.6. The molecule has 0 N–H and O–H groups in total. The van der Waals surface area contributed by atoms with Gasteiger partial charge in [0.15, 0.2) is 0 Å². The monoisotopic (exact) mass is 298 g/mol. The molecule has 4 rings (SSSR count). The van der Waals surface area contributed by atoms with Gasteiger partial charge in [0.1, 0.15) is 0 Å². The zero-order chi connectivity index (χ0) is 15.6. The normalized spacial score (nSPS) is 13.5. The van der Waals surface area contributed by atoms with Gasteiger partial charge in [-0.2, -0.15) is 5.26 Å². The van der Waals surface area contributed by atoms with Crippen LogP contribution in [-0.2, 0) is 19.3 Å². The zero-order valence-electron chi connectivity index (χ0n) is 13.0. The van der Waals surface area contributed by atoms with E-state index in [-0.39, 0.29) is 0 Å². The Kier molecular flexibility index (Phi) is 3.55. The summed E-state index contributed by atoms with van der Waals surface area (Å²) in [7, 11) is 0. The van der Waals surface area contributed by atoms with E-state index in [2.05, 4.69) is 53.5 Å². The van der Waals surface area contributed by atoms with Gasteiger partial charge in [0, 0.05) is 11.6 Å². The highest BCUT2D eigenvalue weighted by Crippen LogP contribution is 2.32. The Hall–Kier alpha value is -2.66. The number of nitrogens with zero attached hydrogens (tertiary/aromatic N) is 2. The van der Waals surface area contributed by atoms with Gasteiger partial charge in [0.25, 0.3) is 0 Å². The number of fused-ring (bicyclic) bond motifs is 2. The van der Waals surface area contributed by atoms with E-state index in [1.165, 1.54) is 47.9 Å². The second kappa shape index (κ2) is 5.85. The quantitative estimate of drug-likeness (QED) is 0.678. The van der Waals surface area contributed by atoms with Gasteiger partial charge in [-0.05, 0) is 65.6 Å². The number of pyridine rings is 1. The Morgan fingerprint density at radius 1 is 1.04 bits per heavy atom. The minimum atomic E-state index is 0.414. The molecule has 2 nitrogen and oxygen atoms in total. The summed E-state index contributed by atoms with van der Waals surface area (Å²) in [6, 6.07) is 17.4. The first-order valence-electron chi connectivity index (χ1n) is 8.22. The van der Waals surface area contributed by atoms with Crippen LogP contribution in [0.3, 0.4) is 0 Å². The summed E-state index contributed by atoms with van der Waals surface area (Å²) in [6.45, 7) is 0. The van der Waals surface area contributed by atoms with Crippen molar-refractivity contribution in [2.75, 3.05) is 0 Å².